The molecular formula is C14H14FN3O3S2. The molecule has 1 atom stereocenters. The highest BCUT2D eigenvalue weighted by Gasteiger charge is 2.17. The van der Waals surface area contributed by atoms with Crippen LogP contribution in [0.5, 0.6) is 0 Å². The number of hydrogen-bond donors (Lipinski definition) is 1. The summed E-state index contributed by atoms with van der Waals surface area (Å²) < 4.78 is 17.4. The number of benzene rings is 1. The van der Waals surface area contributed by atoms with Gasteiger partial charge in [0.2, 0.25) is 11.0 Å². The van der Waals surface area contributed by atoms with E-state index in [4.69, 9.17) is 0 Å². The molecule has 1 amide bonds. The van der Waals surface area contributed by atoms with Gasteiger partial charge in [-0.15, -0.1) is 22.0 Å². The van der Waals surface area contributed by atoms with Crippen LogP contribution in [-0.4, -0.2) is 40.2 Å². The maximum absolute atomic E-state index is 12.9. The van der Waals surface area contributed by atoms with E-state index in [1.807, 2.05) is 0 Å². The summed E-state index contributed by atoms with van der Waals surface area (Å²) in [4.78, 5) is 23.1. The standard InChI is InChI=1S/C14H14FN3O3S2/c1-8(22-7-11(19)21-2)12(20)16-14-18-17-13(23-14)9-3-5-10(15)6-4-9/h3-6,8H,7H2,1-2H3,(H,16,18,20). The fourth-order valence-electron chi connectivity index (χ4n) is 1.52. The monoisotopic (exact) mass is 355 g/mol. The van der Waals surface area contributed by atoms with E-state index in [2.05, 4.69) is 20.3 Å². The lowest BCUT2D eigenvalue weighted by Crippen LogP contribution is -2.23. The summed E-state index contributed by atoms with van der Waals surface area (Å²) in [5.74, 6) is -0.893. The van der Waals surface area contributed by atoms with E-state index >= 15 is 0 Å². The van der Waals surface area contributed by atoms with Crippen LogP contribution in [0.1, 0.15) is 6.92 Å². The van der Waals surface area contributed by atoms with Crippen LogP contribution in [-0.2, 0) is 14.3 Å². The van der Waals surface area contributed by atoms with Crippen LogP contribution in [0.4, 0.5) is 9.52 Å². The highest BCUT2D eigenvalue weighted by molar-refractivity contribution is 8.01. The summed E-state index contributed by atoms with van der Waals surface area (Å²) in [5.41, 5.74) is 0.720. The van der Waals surface area contributed by atoms with Gasteiger partial charge in [0.05, 0.1) is 18.1 Å². The van der Waals surface area contributed by atoms with Gasteiger partial charge in [-0.25, -0.2) is 4.39 Å². The number of carbonyl (C=O) groups excluding carboxylic acids is 2. The maximum atomic E-state index is 12.9. The normalized spacial score (nSPS) is 11.8. The van der Waals surface area contributed by atoms with Crippen molar-refractivity contribution in [3.05, 3.63) is 30.1 Å². The van der Waals surface area contributed by atoms with Crippen molar-refractivity contribution in [2.75, 3.05) is 18.2 Å². The second-order valence-corrected chi connectivity index (χ2v) is 6.74. The van der Waals surface area contributed by atoms with Gasteiger partial charge in [-0.1, -0.05) is 11.3 Å². The van der Waals surface area contributed by atoms with E-state index in [1.54, 1.807) is 19.1 Å². The third-order valence-corrected chi connectivity index (χ3v) is 4.80. The van der Waals surface area contributed by atoms with Crippen LogP contribution in [0.2, 0.25) is 0 Å². The third kappa shape index (κ3) is 5.00. The van der Waals surface area contributed by atoms with E-state index in [-0.39, 0.29) is 23.4 Å². The van der Waals surface area contributed by atoms with Crippen molar-refractivity contribution in [1.82, 2.24) is 10.2 Å². The van der Waals surface area contributed by atoms with Gasteiger partial charge in [0.1, 0.15) is 10.8 Å². The molecule has 1 aromatic carbocycles. The van der Waals surface area contributed by atoms with E-state index in [1.165, 1.54) is 42.3 Å². The zero-order valence-electron chi connectivity index (χ0n) is 12.4. The predicted octanol–water partition coefficient (Wildman–Crippen LogP) is 2.58. The van der Waals surface area contributed by atoms with Crippen LogP contribution >= 0.6 is 23.1 Å². The zero-order chi connectivity index (χ0) is 16.8. The van der Waals surface area contributed by atoms with Crippen molar-refractivity contribution < 1.29 is 18.7 Å². The molecule has 0 saturated carbocycles. The Morgan fingerprint density at radius 3 is 2.70 bits per heavy atom. The number of aromatic nitrogens is 2. The van der Waals surface area contributed by atoms with Gasteiger partial charge in [-0.2, -0.15) is 0 Å². The van der Waals surface area contributed by atoms with Crippen molar-refractivity contribution in [3.8, 4) is 10.6 Å². The van der Waals surface area contributed by atoms with E-state index in [0.717, 1.165) is 5.56 Å². The predicted molar refractivity (Wildman–Crippen MR) is 87.9 cm³/mol. The number of ether oxygens (including phenoxy) is 1. The van der Waals surface area contributed by atoms with Gasteiger partial charge in [0.15, 0.2) is 0 Å². The molecule has 6 nitrogen and oxygen atoms in total. The summed E-state index contributed by atoms with van der Waals surface area (Å²) in [7, 11) is 1.30. The molecule has 1 heterocycles. The van der Waals surface area contributed by atoms with E-state index < -0.39 is 5.25 Å². The number of halogens is 1. The first kappa shape index (κ1) is 17.4. The van der Waals surface area contributed by atoms with Crippen LogP contribution in [0.25, 0.3) is 10.6 Å². The summed E-state index contributed by atoms with van der Waals surface area (Å²) in [6.45, 7) is 1.69. The Bertz CT molecular complexity index is 691. The first-order valence-corrected chi connectivity index (χ1v) is 8.45. The Labute approximate surface area is 140 Å². The molecule has 2 rings (SSSR count). The zero-order valence-corrected chi connectivity index (χ0v) is 14.0. The number of anilines is 1. The van der Waals surface area contributed by atoms with E-state index in [0.29, 0.717) is 10.1 Å². The molecule has 0 aliphatic carbocycles. The molecule has 0 spiro atoms. The van der Waals surface area contributed by atoms with Gasteiger partial charge >= 0.3 is 5.97 Å². The third-order valence-electron chi connectivity index (χ3n) is 2.79. The largest absolute Gasteiger partial charge is 0.468 e. The molecule has 1 aromatic heterocycles. The summed E-state index contributed by atoms with van der Waals surface area (Å²) >= 11 is 2.36. The molecule has 0 fully saturated rings. The lowest BCUT2D eigenvalue weighted by Gasteiger charge is -2.08. The average Bonchev–Trinajstić information content (AvgIpc) is 3.01. The van der Waals surface area contributed by atoms with Crippen molar-refractivity contribution >= 4 is 40.1 Å². The summed E-state index contributed by atoms with van der Waals surface area (Å²) in [6, 6.07) is 5.85. The molecule has 2 aromatic rings. The molecule has 23 heavy (non-hydrogen) atoms. The van der Waals surface area contributed by atoms with Crippen LogP contribution in [0.15, 0.2) is 24.3 Å². The number of nitrogens with one attached hydrogen (secondary N) is 1. The van der Waals surface area contributed by atoms with Crippen molar-refractivity contribution in [1.29, 1.82) is 0 Å². The second-order valence-electron chi connectivity index (χ2n) is 4.44. The number of hydrogen-bond acceptors (Lipinski definition) is 7. The topological polar surface area (TPSA) is 81.2 Å². The van der Waals surface area contributed by atoms with Gasteiger partial charge in [0, 0.05) is 5.56 Å². The number of nitrogens with zero attached hydrogens (tertiary/aromatic N) is 2. The molecule has 1 unspecified atom stereocenters. The Hall–Kier alpha value is -2.00. The molecule has 1 N–H and O–H groups in total. The van der Waals surface area contributed by atoms with Gasteiger partial charge in [-0.3, -0.25) is 14.9 Å². The summed E-state index contributed by atoms with van der Waals surface area (Å²) in [6.07, 6.45) is 0. The Morgan fingerprint density at radius 1 is 1.35 bits per heavy atom. The molecule has 0 aliphatic heterocycles. The number of esters is 1. The fraction of sp³-hybridized carbons (Fsp3) is 0.286. The van der Waals surface area contributed by atoms with Crippen molar-refractivity contribution in [2.24, 2.45) is 0 Å². The Kier molecular flexibility index (Phi) is 6.05. The number of carbonyl (C=O) groups is 2. The van der Waals surface area contributed by atoms with Crippen molar-refractivity contribution in [3.63, 3.8) is 0 Å². The first-order valence-electron chi connectivity index (χ1n) is 6.58. The number of rotatable bonds is 6. The lowest BCUT2D eigenvalue weighted by atomic mass is 10.2. The van der Waals surface area contributed by atoms with E-state index in [9.17, 15) is 14.0 Å². The smallest absolute Gasteiger partial charge is 0.315 e. The molecule has 9 heteroatoms. The van der Waals surface area contributed by atoms with Crippen molar-refractivity contribution in [2.45, 2.75) is 12.2 Å². The number of methoxy groups -OCH3 is 1. The molecule has 0 radical (unpaired) electrons. The SMILES string of the molecule is COC(=O)CSC(C)C(=O)Nc1nnc(-c2ccc(F)cc2)s1. The maximum Gasteiger partial charge on any atom is 0.315 e. The minimum Gasteiger partial charge on any atom is -0.468 e. The molecule has 0 aliphatic rings. The summed E-state index contributed by atoms with van der Waals surface area (Å²) in [5, 5.41) is 11.0. The number of amides is 1. The molecule has 122 valence electrons. The van der Waals surface area contributed by atoms with Gasteiger partial charge in [-0.05, 0) is 31.2 Å². The van der Waals surface area contributed by atoms with Crippen LogP contribution in [0, 0.1) is 5.82 Å². The molecule has 0 saturated heterocycles. The van der Waals surface area contributed by atoms with Crippen LogP contribution in [0.3, 0.4) is 0 Å². The van der Waals surface area contributed by atoms with Gasteiger partial charge in [0.25, 0.3) is 0 Å². The fourth-order valence-corrected chi connectivity index (χ4v) is 2.98. The minimum absolute atomic E-state index is 0.0992. The first-order chi connectivity index (χ1) is 11.0. The molecule has 0 bridgehead atoms. The van der Waals surface area contributed by atoms with Crippen LogP contribution < -0.4 is 5.32 Å². The second kappa shape index (κ2) is 8.02. The Balaban J connectivity index is 1.94. The Morgan fingerprint density at radius 2 is 2.04 bits per heavy atom. The minimum atomic E-state index is -0.438. The lowest BCUT2D eigenvalue weighted by molar-refractivity contribution is -0.137. The molecular weight excluding hydrogens is 341 g/mol. The van der Waals surface area contributed by atoms with Gasteiger partial charge < -0.3 is 4.74 Å². The number of thioether (sulfide) groups is 1. The highest BCUT2D eigenvalue weighted by atomic mass is 32.2. The quantitative estimate of drug-likeness (QED) is 0.802. The average molecular weight is 355 g/mol. The highest BCUT2D eigenvalue weighted by Crippen LogP contribution is 2.26.